The van der Waals surface area contributed by atoms with Gasteiger partial charge in [0.25, 0.3) is 5.91 Å². The average molecular weight is 354 g/mol. The lowest BCUT2D eigenvalue weighted by Crippen LogP contribution is -2.48. The highest BCUT2D eigenvalue weighted by molar-refractivity contribution is 6.11. The fourth-order valence-electron chi connectivity index (χ4n) is 3.15. The molecular formula is C15H20ClN5O3. The van der Waals surface area contributed by atoms with Gasteiger partial charge < -0.3 is 16.4 Å². The van der Waals surface area contributed by atoms with E-state index < -0.39 is 23.5 Å². The number of carbonyl (C=O) groups is 3. The number of pyridine rings is 1. The van der Waals surface area contributed by atoms with Crippen LogP contribution in [0.15, 0.2) is 18.3 Å². The summed E-state index contributed by atoms with van der Waals surface area (Å²) in [5.41, 5.74) is 5.14. The maximum absolute atomic E-state index is 12.6. The van der Waals surface area contributed by atoms with Crippen LogP contribution in [0.25, 0.3) is 0 Å². The predicted molar refractivity (Wildman–Crippen MR) is 90.6 cm³/mol. The predicted octanol–water partition coefficient (Wildman–Crippen LogP) is 1.28. The Balaban J connectivity index is 0.00000208. The Morgan fingerprint density at radius 2 is 2.04 bits per heavy atom. The molecular weight excluding hydrogens is 334 g/mol. The lowest BCUT2D eigenvalue weighted by Gasteiger charge is -2.23. The molecule has 1 unspecified atom stereocenters. The quantitative estimate of drug-likeness (QED) is 0.707. The van der Waals surface area contributed by atoms with Crippen molar-refractivity contribution in [2.75, 3.05) is 11.1 Å². The van der Waals surface area contributed by atoms with E-state index in [-0.39, 0.29) is 18.3 Å². The minimum atomic E-state index is -0.903. The number of nitrogens with two attached hydrogens (primary N) is 1. The molecule has 4 amide bonds. The second-order valence-electron chi connectivity index (χ2n) is 6.03. The van der Waals surface area contributed by atoms with Crippen LogP contribution in [0.3, 0.4) is 0 Å². The molecule has 1 aliphatic heterocycles. The SMILES string of the molecule is CC(C(=O)Nc1ccc(N)nc1)N1C(=O)NC2(CCCC2)C1=O.Cl. The van der Waals surface area contributed by atoms with Gasteiger partial charge in [0.1, 0.15) is 17.4 Å². The van der Waals surface area contributed by atoms with Crippen LogP contribution in [0.4, 0.5) is 16.3 Å². The first-order chi connectivity index (χ1) is 10.9. The molecule has 1 aromatic heterocycles. The summed E-state index contributed by atoms with van der Waals surface area (Å²) in [7, 11) is 0. The molecule has 1 saturated heterocycles. The van der Waals surface area contributed by atoms with Gasteiger partial charge in [-0.25, -0.2) is 14.7 Å². The highest BCUT2D eigenvalue weighted by atomic mass is 35.5. The van der Waals surface area contributed by atoms with E-state index >= 15 is 0 Å². The molecule has 2 heterocycles. The third-order valence-electron chi connectivity index (χ3n) is 4.47. The zero-order valence-electron chi connectivity index (χ0n) is 13.2. The van der Waals surface area contributed by atoms with Crippen molar-refractivity contribution < 1.29 is 14.4 Å². The van der Waals surface area contributed by atoms with Gasteiger partial charge in [-0.2, -0.15) is 0 Å². The van der Waals surface area contributed by atoms with Crippen LogP contribution < -0.4 is 16.4 Å². The van der Waals surface area contributed by atoms with Crippen LogP contribution in [0.1, 0.15) is 32.6 Å². The van der Waals surface area contributed by atoms with E-state index in [4.69, 9.17) is 5.73 Å². The molecule has 0 aromatic carbocycles. The first-order valence-electron chi connectivity index (χ1n) is 7.61. The summed E-state index contributed by atoms with van der Waals surface area (Å²) >= 11 is 0. The van der Waals surface area contributed by atoms with Gasteiger partial charge in [-0.3, -0.25) is 9.59 Å². The summed E-state index contributed by atoms with van der Waals surface area (Å²) in [6.45, 7) is 1.53. The summed E-state index contributed by atoms with van der Waals surface area (Å²) in [4.78, 5) is 42.0. The normalized spacial score (nSPS) is 19.8. The summed E-state index contributed by atoms with van der Waals surface area (Å²) in [5, 5.41) is 5.40. The molecule has 3 rings (SSSR count). The molecule has 1 aromatic rings. The van der Waals surface area contributed by atoms with Gasteiger partial charge >= 0.3 is 6.03 Å². The van der Waals surface area contributed by atoms with Crippen molar-refractivity contribution in [3.8, 4) is 0 Å². The number of halogens is 1. The topological polar surface area (TPSA) is 117 Å². The fourth-order valence-corrected chi connectivity index (χ4v) is 3.15. The van der Waals surface area contributed by atoms with E-state index in [1.165, 1.54) is 13.1 Å². The fraction of sp³-hybridized carbons (Fsp3) is 0.467. The molecule has 24 heavy (non-hydrogen) atoms. The monoisotopic (exact) mass is 353 g/mol. The van der Waals surface area contributed by atoms with Crippen molar-refractivity contribution in [3.05, 3.63) is 18.3 Å². The van der Waals surface area contributed by atoms with Crippen molar-refractivity contribution >= 4 is 41.8 Å². The van der Waals surface area contributed by atoms with Gasteiger partial charge in [0, 0.05) is 0 Å². The van der Waals surface area contributed by atoms with Crippen LogP contribution >= 0.6 is 12.4 Å². The Kier molecular flexibility index (Phi) is 4.98. The number of anilines is 2. The number of rotatable bonds is 3. The van der Waals surface area contributed by atoms with Crippen LogP contribution in [0.5, 0.6) is 0 Å². The number of aromatic nitrogens is 1. The maximum Gasteiger partial charge on any atom is 0.325 e. The third kappa shape index (κ3) is 3.01. The Bertz CT molecular complexity index is 658. The second-order valence-corrected chi connectivity index (χ2v) is 6.03. The van der Waals surface area contributed by atoms with Gasteiger partial charge in [0.15, 0.2) is 0 Å². The molecule has 9 heteroatoms. The van der Waals surface area contributed by atoms with Gasteiger partial charge in [-0.05, 0) is 31.9 Å². The van der Waals surface area contributed by atoms with E-state index in [1.807, 2.05) is 0 Å². The molecule has 8 nitrogen and oxygen atoms in total. The highest BCUT2D eigenvalue weighted by Crippen LogP contribution is 2.35. The first kappa shape index (κ1) is 18.0. The molecule has 130 valence electrons. The molecule has 0 radical (unpaired) electrons. The van der Waals surface area contributed by atoms with Crippen LogP contribution in [-0.4, -0.2) is 39.3 Å². The minimum absolute atomic E-state index is 0. The summed E-state index contributed by atoms with van der Waals surface area (Å²) in [5.74, 6) is -0.415. The number of nitrogens with zero attached hydrogens (tertiary/aromatic N) is 2. The van der Waals surface area contributed by atoms with E-state index in [2.05, 4.69) is 15.6 Å². The molecule has 0 bridgehead atoms. The summed E-state index contributed by atoms with van der Waals surface area (Å²) < 4.78 is 0. The summed E-state index contributed by atoms with van der Waals surface area (Å²) in [6, 6.07) is 1.76. The van der Waals surface area contributed by atoms with Crippen molar-refractivity contribution in [1.29, 1.82) is 0 Å². The Labute approximate surface area is 145 Å². The van der Waals surface area contributed by atoms with Crippen molar-refractivity contribution in [2.24, 2.45) is 0 Å². The Hall–Kier alpha value is -2.35. The lowest BCUT2D eigenvalue weighted by molar-refractivity contribution is -0.136. The number of imide groups is 1. The second kappa shape index (κ2) is 6.64. The minimum Gasteiger partial charge on any atom is -0.384 e. The van der Waals surface area contributed by atoms with Crippen LogP contribution in [0, 0.1) is 0 Å². The van der Waals surface area contributed by atoms with E-state index in [1.54, 1.807) is 12.1 Å². The van der Waals surface area contributed by atoms with Crippen molar-refractivity contribution in [1.82, 2.24) is 15.2 Å². The number of amides is 4. The zero-order chi connectivity index (χ0) is 16.6. The number of urea groups is 1. The highest BCUT2D eigenvalue weighted by Gasteiger charge is 2.54. The molecule has 1 atom stereocenters. The third-order valence-corrected chi connectivity index (χ3v) is 4.47. The Morgan fingerprint density at radius 1 is 1.38 bits per heavy atom. The smallest absolute Gasteiger partial charge is 0.325 e. The first-order valence-corrected chi connectivity index (χ1v) is 7.61. The van der Waals surface area contributed by atoms with Crippen molar-refractivity contribution in [2.45, 2.75) is 44.2 Å². The standard InChI is InChI=1S/C15H19N5O3.ClH/c1-9(12(21)18-10-4-5-11(16)17-8-10)20-13(22)15(19-14(20)23)6-2-3-7-15;/h4-5,8-9H,2-3,6-7H2,1H3,(H2,16,17)(H,18,21)(H,19,23);1H. The van der Waals surface area contributed by atoms with E-state index in [9.17, 15) is 14.4 Å². The lowest BCUT2D eigenvalue weighted by atomic mass is 9.97. The van der Waals surface area contributed by atoms with E-state index in [0.717, 1.165) is 17.7 Å². The average Bonchev–Trinajstić information content (AvgIpc) is 3.07. The maximum atomic E-state index is 12.6. The number of nitrogen functional groups attached to an aromatic ring is 1. The van der Waals surface area contributed by atoms with Crippen molar-refractivity contribution in [3.63, 3.8) is 0 Å². The summed E-state index contributed by atoms with van der Waals surface area (Å²) in [6.07, 6.45) is 4.48. The van der Waals surface area contributed by atoms with Crippen LogP contribution in [-0.2, 0) is 9.59 Å². The van der Waals surface area contributed by atoms with Gasteiger partial charge in [-0.1, -0.05) is 12.8 Å². The number of hydrogen-bond acceptors (Lipinski definition) is 5. The number of hydrogen-bond donors (Lipinski definition) is 3. The van der Waals surface area contributed by atoms with Gasteiger partial charge in [0.05, 0.1) is 11.9 Å². The number of carbonyl (C=O) groups excluding carboxylic acids is 3. The van der Waals surface area contributed by atoms with E-state index in [0.29, 0.717) is 24.3 Å². The molecule has 2 fully saturated rings. The molecule has 4 N–H and O–H groups in total. The molecule has 1 aliphatic carbocycles. The number of nitrogens with one attached hydrogen (secondary N) is 2. The largest absolute Gasteiger partial charge is 0.384 e. The van der Waals surface area contributed by atoms with Gasteiger partial charge in [0.2, 0.25) is 5.91 Å². The zero-order valence-corrected chi connectivity index (χ0v) is 14.1. The van der Waals surface area contributed by atoms with Gasteiger partial charge in [-0.15, -0.1) is 12.4 Å². The molecule has 1 saturated carbocycles. The molecule has 1 spiro atoms. The molecule has 2 aliphatic rings. The van der Waals surface area contributed by atoms with Crippen LogP contribution in [0.2, 0.25) is 0 Å². The Morgan fingerprint density at radius 3 is 2.62 bits per heavy atom.